The zero-order chi connectivity index (χ0) is 14.1. The van der Waals surface area contributed by atoms with Crippen molar-refractivity contribution in [3.63, 3.8) is 0 Å². The third-order valence-electron chi connectivity index (χ3n) is 2.79. The van der Waals surface area contributed by atoms with Crippen molar-refractivity contribution in [1.29, 1.82) is 0 Å². The number of rotatable bonds is 2. The van der Waals surface area contributed by atoms with Crippen LogP contribution < -0.4 is 4.90 Å². The average Bonchev–Trinajstić information content (AvgIpc) is 3.02. The number of thiocarbonyl (C=S) groups is 1. The average molecular weight is 365 g/mol. The Bertz CT molecular complexity index is 692. The largest absolute Gasteiger partial charge is 0.362 e. The highest BCUT2D eigenvalue weighted by Crippen LogP contribution is 2.36. The Kier molecular flexibility index (Phi) is 3.78. The van der Waals surface area contributed by atoms with Gasteiger partial charge >= 0.3 is 0 Å². The number of aromatic nitrogens is 1. The first kappa shape index (κ1) is 13.6. The molecule has 0 radical (unpaired) electrons. The summed E-state index contributed by atoms with van der Waals surface area (Å²) < 4.78 is 1.52. The fraction of sp³-hybridized carbons (Fsp3) is 0. The Morgan fingerprint density at radius 3 is 2.65 bits per heavy atom. The van der Waals surface area contributed by atoms with E-state index in [-0.39, 0.29) is 5.91 Å². The molecule has 1 aromatic carbocycles. The third kappa shape index (κ3) is 2.59. The first-order valence-electron chi connectivity index (χ1n) is 5.82. The number of H-pyrrole nitrogens is 1. The summed E-state index contributed by atoms with van der Waals surface area (Å²) in [7, 11) is 0. The van der Waals surface area contributed by atoms with E-state index in [0.29, 0.717) is 9.23 Å². The number of carbonyl (C=O) groups excluding carboxylic acids is 1. The van der Waals surface area contributed by atoms with Crippen molar-refractivity contribution in [1.82, 2.24) is 4.98 Å². The zero-order valence-corrected chi connectivity index (χ0v) is 13.4. The minimum absolute atomic E-state index is 0.0862. The number of nitrogens with one attached hydrogen (secondary N) is 1. The molecule has 1 aliphatic rings. The summed E-state index contributed by atoms with van der Waals surface area (Å²) in [5.74, 6) is -0.0862. The molecule has 3 nitrogen and oxygen atoms in total. The van der Waals surface area contributed by atoms with Crippen molar-refractivity contribution in [2.45, 2.75) is 0 Å². The van der Waals surface area contributed by atoms with Crippen LogP contribution in [0.1, 0.15) is 5.69 Å². The molecule has 0 aliphatic carbocycles. The summed E-state index contributed by atoms with van der Waals surface area (Å²) in [5, 5.41) is 0. The molecular weight excluding hydrogens is 356 g/mol. The van der Waals surface area contributed by atoms with Gasteiger partial charge < -0.3 is 4.98 Å². The molecule has 1 aromatic heterocycles. The molecule has 1 N–H and O–H groups in total. The molecule has 1 saturated heterocycles. The number of hydrogen-bond acceptors (Lipinski definition) is 3. The number of nitrogens with zero attached hydrogens (tertiary/aromatic N) is 1. The van der Waals surface area contributed by atoms with Gasteiger partial charge in [-0.3, -0.25) is 9.69 Å². The number of anilines is 1. The maximum Gasteiger partial charge on any atom is 0.270 e. The first-order valence-corrected chi connectivity index (χ1v) is 7.84. The molecule has 0 unspecified atom stereocenters. The lowest BCUT2D eigenvalue weighted by atomic mass is 10.3. The van der Waals surface area contributed by atoms with Crippen molar-refractivity contribution in [2.75, 3.05) is 4.90 Å². The van der Waals surface area contributed by atoms with Crippen LogP contribution in [-0.2, 0) is 4.79 Å². The lowest BCUT2D eigenvalue weighted by Gasteiger charge is -2.14. The Morgan fingerprint density at radius 1 is 1.25 bits per heavy atom. The van der Waals surface area contributed by atoms with Crippen LogP contribution in [0, 0.1) is 0 Å². The van der Waals surface area contributed by atoms with E-state index in [1.807, 2.05) is 48.7 Å². The predicted octanol–water partition coefficient (Wildman–Crippen LogP) is 4.18. The first-order chi connectivity index (χ1) is 9.65. The van der Waals surface area contributed by atoms with Crippen LogP contribution in [0.5, 0.6) is 0 Å². The summed E-state index contributed by atoms with van der Waals surface area (Å²) in [6.07, 6.45) is 3.64. The molecule has 0 spiro atoms. The van der Waals surface area contributed by atoms with Gasteiger partial charge in [0.25, 0.3) is 5.91 Å². The second-order valence-electron chi connectivity index (χ2n) is 4.12. The number of thioether (sulfide) groups is 1. The van der Waals surface area contributed by atoms with Gasteiger partial charge in [0.1, 0.15) is 0 Å². The van der Waals surface area contributed by atoms with Crippen LogP contribution in [-0.4, -0.2) is 15.2 Å². The number of hydrogen-bond donors (Lipinski definition) is 1. The lowest BCUT2D eigenvalue weighted by Crippen LogP contribution is -2.27. The van der Waals surface area contributed by atoms with Gasteiger partial charge in [-0.2, -0.15) is 0 Å². The van der Waals surface area contributed by atoms with Crippen LogP contribution >= 0.6 is 39.9 Å². The molecule has 0 atom stereocenters. The summed E-state index contributed by atoms with van der Waals surface area (Å²) in [4.78, 5) is 17.7. The maximum absolute atomic E-state index is 12.5. The fourth-order valence-electron chi connectivity index (χ4n) is 1.86. The van der Waals surface area contributed by atoms with Gasteiger partial charge in [0.2, 0.25) is 0 Å². The smallest absolute Gasteiger partial charge is 0.270 e. The highest BCUT2D eigenvalue weighted by molar-refractivity contribution is 9.10. The van der Waals surface area contributed by atoms with Crippen LogP contribution in [0.3, 0.4) is 0 Å². The standard InChI is InChI=1S/C14H9BrN2OS2/c15-9-3-5-11(6-4-9)17-13(18)12(20-14(17)19)8-10-2-1-7-16-10/h1-8,16H. The van der Waals surface area contributed by atoms with Gasteiger partial charge in [-0.25, -0.2) is 0 Å². The molecular formula is C14H9BrN2OS2. The van der Waals surface area contributed by atoms with E-state index in [4.69, 9.17) is 12.2 Å². The molecule has 3 rings (SSSR count). The molecule has 2 heterocycles. The summed E-state index contributed by atoms with van der Waals surface area (Å²) in [5.41, 5.74) is 1.67. The van der Waals surface area contributed by atoms with Gasteiger partial charge in [-0.05, 0) is 42.5 Å². The molecule has 0 bridgehead atoms. The number of amides is 1. The predicted molar refractivity (Wildman–Crippen MR) is 90.6 cm³/mol. The highest BCUT2D eigenvalue weighted by Gasteiger charge is 2.33. The van der Waals surface area contributed by atoms with Gasteiger partial charge in [-0.1, -0.05) is 39.9 Å². The zero-order valence-electron chi connectivity index (χ0n) is 10.2. The fourth-order valence-corrected chi connectivity index (χ4v) is 3.41. The van der Waals surface area contributed by atoms with Crippen LogP contribution in [0.2, 0.25) is 0 Å². The molecule has 2 aromatic rings. The Balaban J connectivity index is 1.93. The highest BCUT2D eigenvalue weighted by atomic mass is 79.9. The van der Waals surface area contributed by atoms with Gasteiger partial charge in [-0.15, -0.1) is 0 Å². The Morgan fingerprint density at radius 2 is 2.00 bits per heavy atom. The van der Waals surface area contributed by atoms with Crippen LogP contribution in [0.15, 0.2) is 52.0 Å². The van der Waals surface area contributed by atoms with E-state index in [9.17, 15) is 4.79 Å². The van der Waals surface area contributed by atoms with E-state index in [1.54, 1.807) is 4.90 Å². The van der Waals surface area contributed by atoms with Crippen LogP contribution in [0.4, 0.5) is 5.69 Å². The van der Waals surface area contributed by atoms with Gasteiger partial charge in [0, 0.05) is 16.4 Å². The monoisotopic (exact) mass is 364 g/mol. The van der Waals surface area contributed by atoms with Crippen molar-refractivity contribution >= 4 is 61.9 Å². The molecule has 1 amide bonds. The molecule has 20 heavy (non-hydrogen) atoms. The van der Waals surface area contributed by atoms with E-state index in [1.165, 1.54) is 11.8 Å². The molecule has 1 aliphatic heterocycles. The maximum atomic E-state index is 12.5. The quantitative estimate of drug-likeness (QED) is 0.641. The number of carbonyl (C=O) groups is 1. The number of benzene rings is 1. The molecule has 1 fully saturated rings. The van der Waals surface area contributed by atoms with Crippen LogP contribution in [0.25, 0.3) is 6.08 Å². The van der Waals surface area contributed by atoms with Gasteiger partial charge in [0.15, 0.2) is 4.32 Å². The molecule has 6 heteroatoms. The van der Waals surface area contributed by atoms with Crippen molar-refractivity contribution in [2.24, 2.45) is 0 Å². The molecule has 0 saturated carbocycles. The Hall–Kier alpha value is -1.37. The second-order valence-corrected chi connectivity index (χ2v) is 6.71. The normalized spacial score (nSPS) is 17.2. The van der Waals surface area contributed by atoms with E-state index in [2.05, 4.69) is 20.9 Å². The van der Waals surface area contributed by atoms with E-state index >= 15 is 0 Å². The van der Waals surface area contributed by atoms with Gasteiger partial charge in [0.05, 0.1) is 10.6 Å². The summed E-state index contributed by atoms with van der Waals surface area (Å²) in [6.45, 7) is 0. The summed E-state index contributed by atoms with van der Waals surface area (Å²) >= 11 is 10.0. The number of aromatic amines is 1. The number of halogens is 1. The van der Waals surface area contributed by atoms with E-state index in [0.717, 1.165) is 15.9 Å². The lowest BCUT2D eigenvalue weighted by molar-refractivity contribution is -0.113. The topological polar surface area (TPSA) is 36.1 Å². The van der Waals surface area contributed by atoms with E-state index < -0.39 is 0 Å². The molecule has 100 valence electrons. The van der Waals surface area contributed by atoms with Crippen molar-refractivity contribution in [3.8, 4) is 0 Å². The SMILES string of the molecule is O=C1C(=Cc2ccc[nH]2)SC(=S)N1c1ccc(Br)cc1. The minimum atomic E-state index is -0.0862. The van der Waals surface area contributed by atoms with Crippen molar-refractivity contribution in [3.05, 3.63) is 57.7 Å². The third-order valence-corrected chi connectivity index (χ3v) is 4.62. The second kappa shape index (κ2) is 5.55. The van der Waals surface area contributed by atoms with Crippen molar-refractivity contribution < 1.29 is 4.79 Å². The minimum Gasteiger partial charge on any atom is -0.362 e. The Labute approximate surface area is 134 Å². The summed E-state index contributed by atoms with van der Waals surface area (Å²) in [6, 6.07) is 11.3.